The smallest absolute Gasteiger partial charge is 0.286 e. The van der Waals surface area contributed by atoms with Crippen molar-refractivity contribution in [1.29, 1.82) is 0 Å². The monoisotopic (exact) mass is 397 g/mol. The van der Waals surface area contributed by atoms with Gasteiger partial charge in [-0.25, -0.2) is 0 Å². The van der Waals surface area contributed by atoms with Gasteiger partial charge in [0.15, 0.2) is 11.5 Å². The Morgan fingerprint density at radius 2 is 1.69 bits per heavy atom. The zero-order chi connectivity index (χ0) is 20.4. The van der Waals surface area contributed by atoms with E-state index in [9.17, 15) is 19.7 Å². The number of hydrogen-bond acceptors (Lipinski definition) is 6. The molecule has 0 atom stereocenters. The number of fused-ring (bicyclic) bond motifs is 1. The van der Waals surface area contributed by atoms with Gasteiger partial charge >= 0.3 is 0 Å². The van der Waals surface area contributed by atoms with Crippen molar-refractivity contribution >= 4 is 23.2 Å². The molecule has 9 nitrogen and oxygen atoms in total. The van der Waals surface area contributed by atoms with Gasteiger partial charge in [-0.15, -0.1) is 0 Å². The van der Waals surface area contributed by atoms with Gasteiger partial charge in [-0.1, -0.05) is 25.0 Å². The third-order valence-electron chi connectivity index (χ3n) is 5.04. The third-order valence-corrected chi connectivity index (χ3v) is 5.04. The minimum absolute atomic E-state index is 0.0677. The van der Waals surface area contributed by atoms with Crippen molar-refractivity contribution in [1.82, 2.24) is 5.32 Å². The van der Waals surface area contributed by atoms with Crippen LogP contribution in [0.25, 0.3) is 0 Å². The zero-order valence-electron chi connectivity index (χ0n) is 15.5. The molecule has 1 heterocycles. The molecule has 0 radical (unpaired) electrons. The van der Waals surface area contributed by atoms with Gasteiger partial charge in [0.05, 0.1) is 22.2 Å². The summed E-state index contributed by atoms with van der Waals surface area (Å²) in [6.07, 6.45) is 4.03. The number of nitrogens with one attached hydrogen (secondary N) is 2. The molecule has 0 unspecified atom stereocenters. The molecule has 2 N–H and O–H groups in total. The summed E-state index contributed by atoms with van der Waals surface area (Å²) in [5.41, 5.74) is 0.000926. The molecule has 29 heavy (non-hydrogen) atoms. The largest absolute Gasteiger partial charge is 0.454 e. The number of nitrogens with zero attached hydrogens (tertiary/aromatic N) is 1. The molecule has 1 saturated carbocycles. The minimum Gasteiger partial charge on any atom is -0.454 e. The molecule has 2 amide bonds. The summed E-state index contributed by atoms with van der Waals surface area (Å²) < 4.78 is 10.4. The van der Waals surface area contributed by atoms with Gasteiger partial charge < -0.3 is 20.1 Å². The average Bonchev–Trinajstić information content (AvgIpc) is 3.38. The summed E-state index contributed by atoms with van der Waals surface area (Å²) >= 11 is 0. The molecule has 0 bridgehead atoms. The van der Waals surface area contributed by atoms with Gasteiger partial charge in [0, 0.05) is 12.1 Å². The fourth-order valence-electron chi connectivity index (χ4n) is 3.58. The number of rotatable bonds is 5. The Bertz CT molecular complexity index is 984. The normalized spacial score (nSPS) is 15.2. The van der Waals surface area contributed by atoms with Crippen LogP contribution in [0.15, 0.2) is 36.4 Å². The summed E-state index contributed by atoms with van der Waals surface area (Å²) in [4.78, 5) is 36.2. The summed E-state index contributed by atoms with van der Waals surface area (Å²) in [5.74, 6) is -0.526. The lowest BCUT2D eigenvalue weighted by molar-refractivity contribution is -0.385. The number of carbonyl (C=O) groups is 2. The Kier molecular flexibility index (Phi) is 5.03. The van der Waals surface area contributed by atoms with Gasteiger partial charge in [0.25, 0.3) is 17.5 Å². The highest BCUT2D eigenvalue weighted by Gasteiger charge is 2.28. The van der Waals surface area contributed by atoms with Gasteiger partial charge in [-0.2, -0.15) is 0 Å². The predicted octanol–water partition coefficient (Wildman–Crippen LogP) is 3.25. The molecule has 1 aliphatic heterocycles. The molecule has 9 heteroatoms. The molecule has 2 aromatic rings. The summed E-state index contributed by atoms with van der Waals surface area (Å²) in [7, 11) is 0. The van der Waals surface area contributed by atoms with Gasteiger partial charge in [-0.3, -0.25) is 19.7 Å². The molecule has 1 fully saturated rings. The van der Waals surface area contributed by atoms with Crippen LogP contribution in [0.3, 0.4) is 0 Å². The minimum atomic E-state index is -0.712. The Hall–Kier alpha value is -3.62. The summed E-state index contributed by atoms with van der Waals surface area (Å²) in [5, 5.41) is 17.0. The highest BCUT2D eigenvalue weighted by atomic mass is 16.7. The molecule has 150 valence electrons. The van der Waals surface area contributed by atoms with E-state index in [-0.39, 0.29) is 41.5 Å². The van der Waals surface area contributed by atoms with E-state index in [0.717, 1.165) is 31.7 Å². The number of amides is 2. The van der Waals surface area contributed by atoms with E-state index in [2.05, 4.69) is 10.6 Å². The summed E-state index contributed by atoms with van der Waals surface area (Å²) in [6, 6.07) is 9.13. The van der Waals surface area contributed by atoms with Crippen molar-refractivity contribution in [2.75, 3.05) is 12.1 Å². The fourth-order valence-corrected chi connectivity index (χ4v) is 3.58. The van der Waals surface area contributed by atoms with Crippen LogP contribution >= 0.6 is 0 Å². The van der Waals surface area contributed by atoms with Crippen molar-refractivity contribution in [2.45, 2.75) is 31.7 Å². The van der Waals surface area contributed by atoms with E-state index in [0.29, 0.717) is 5.56 Å². The average molecular weight is 397 g/mol. The Morgan fingerprint density at radius 1 is 1.00 bits per heavy atom. The number of anilines is 1. The van der Waals surface area contributed by atoms with Crippen molar-refractivity contribution < 1.29 is 24.0 Å². The Labute approximate surface area is 166 Å². The Balaban J connectivity index is 1.59. The molecular formula is C20H19N3O6. The predicted molar refractivity (Wildman–Crippen MR) is 103 cm³/mol. The van der Waals surface area contributed by atoms with E-state index >= 15 is 0 Å². The maximum absolute atomic E-state index is 12.8. The van der Waals surface area contributed by atoms with E-state index in [4.69, 9.17) is 9.47 Å². The number of ether oxygens (including phenoxy) is 2. The van der Waals surface area contributed by atoms with E-state index in [1.807, 2.05) is 0 Å². The molecule has 1 aliphatic carbocycles. The topological polar surface area (TPSA) is 120 Å². The zero-order valence-corrected chi connectivity index (χ0v) is 15.5. The summed E-state index contributed by atoms with van der Waals surface area (Å²) in [6.45, 7) is -0.0677. The first kappa shape index (κ1) is 18.7. The Morgan fingerprint density at radius 3 is 2.41 bits per heavy atom. The highest BCUT2D eigenvalue weighted by Crippen LogP contribution is 2.38. The van der Waals surface area contributed by atoms with Crippen LogP contribution in [0.5, 0.6) is 11.5 Å². The van der Waals surface area contributed by atoms with Crippen LogP contribution in [0.4, 0.5) is 11.4 Å². The van der Waals surface area contributed by atoms with E-state index < -0.39 is 16.5 Å². The highest BCUT2D eigenvalue weighted by molar-refractivity contribution is 6.11. The van der Waals surface area contributed by atoms with Crippen LogP contribution in [0, 0.1) is 10.1 Å². The second-order valence-electron chi connectivity index (χ2n) is 6.93. The standard InChI is InChI=1S/C20H19N3O6/c24-19(21-12-5-1-2-6-12)13-7-3-4-8-15(13)22-20(25)14-9-17-18(29-11-28-17)10-16(14)23(26)27/h3-4,7-10,12H,1-2,5-6,11H2,(H,21,24)(H,22,25). The lowest BCUT2D eigenvalue weighted by Gasteiger charge is -2.15. The second-order valence-corrected chi connectivity index (χ2v) is 6.93. The number of para-hydroxylation sites is 1. The quantitative estimate of drug-likeness (QED) is 0.590. The van der Waals surface area contributed by atoms with Gasteiger partial charge in [0.1, 0.15) is 5.56 Å². The van der Waals surface area contributed by atoms with Crippen molar-refractivity contribution in [3.05, 3.63) is 57.6 Å². The first-order valence-corrected chi connectivity index (χ1v) is 9.32. The van der Waals surface area contributed by atoms with Gasteiger partial charge in [-0.05, 0) is 25.0 Å². The SMILES string of the molecule is O=C(NC1CCCC1)c1ccccc1NC(=O)c1cc2c(cc1[N+](=O)[O-])OCO2. The number of carbonyl (C=O) groups excluding carboxylic acids is 2. The number of nitro benzene ring substituents is 1. The van der Waals surface area contributed by atoms with Crippen molar-refractivity contribution in [3.8, 4) is 11.5 Å². The first-order chi connectivity index (χ1) is 14.0. The molecule has 2 aromatic carbocycles. The second kappa shape index (κ2) is 7.78. The lowest BCUT2D eigenvalue weighted by atomic mass is 10.1. The van der Waals surface area contributed by atoms with E-state index in [1.54, 1.807) is 24.3 Å². The molecule has 0 aromatic heterocycles. The van der Waals surface area contributed by atoms with Crippen LogP contribution in [-0.2, 0) is 0 Å². The maximum Gasteiger partial charge on any atom is 0.286 e. The van der Waals surface area contributed by atoms with Crippen molar-refractivity contribution in [3.63, 3.8) is 0 Å². The van der Waals surface area contributed by atoms with Gasteiger partial charge in [0.2, 0.25) is 6.79 Å². The molecule has 4 rings (SSSR count). The number of nitro groups is 1. The first-order valence-electron chi connectivity index (χ1n) is 9.32. The molecule has 0 spiro atoms. The number of benzene rings is 2. The van der Waals surface area contributed by atoms with Crippen LogP contribution < -0.4 is 20.1 Å². The van der Waals surface area contributed by atoms with E-state index in [1.165, 1.54) is 6.07 Å². The fraction of sp³-hybridized carbons (Fsp3) is 0.300. The molecule has 2 aliphatic rings. The maximum atomic E-state index is 12.8. The molecule has 0 saturated heterocycles. The van der Waals surface area contributed by atoms with Crippen LogP contribution in [0.2, 0.25) is 0 Å². The van der Waals surface area contributed by atoms with Crippen molar-refractivity contribution in [2.24, 2.45) is 0 Å². The van der Waals surface area contributed by atoms with Crippen LogP contribution in [-0.4, -0.2) is 29.6 Å². The third kappa shape index (κ3) is 3.84. The molecular weight excluding hydrogens is 378 g/mol. The van der Waals surface area contributed by atoms with Crippen LogP contribution in [0.1, 0.15) is 46.4 Å². The number of hydrogen-bond donors (Lipinski definition) is 2. The lowest BCUT2D eigenvalue weighted by Crippen LogP contribution is -2.33.